The van der Waals surface area contributed by atoms with Crippen molar-refractivity contribution in [2.24, 2.45) is 0 Å². The first-order valence-corrected chi connectivity index (χ1v) is 6.77. The summed E-state index contributed by atoms with van der Waals surface area (Å²) in [4.78, 5) is 14.2. The minimum absolute atomic E-state index is 0.271. The second kappa shape index (κ2) is 5.84. The zero-order valence-electron chi connectivity index (χ0n) is 11.5. The molecule has 1 amide bonds. The number of amides is 1. The highest BCUT2D eigenvalue weighted by Gasteiger charge is 2.13. The van der Waals surface area contributed by atoms with Gasteiger partial charge in [0.25, 0.3) is 5.91 Å². The standard InChI is InChI=1S/C14H17N5O2/c15-12-9-16-18-13(12)14(20)17-10-1-3-11(4-2-10)19-5-7-21-8-6-19/h1-4,9H,5-8,15H2,(H,16,18)(H,17,20). The Hall–Kier alpha value is -2.54. The van der Waals surface area contributed by atoms with Gasteiger partial charge < -0.3 is 20.7 Å². The van der Waals surface area contributed by atoms with E-state index in [0.717, 1.165) is 32.0 Å². The molecular formula is C14H17N5O2. The molecule has 0 atom stereocenters. The van der Waals surface area contributed by atoms with E-state index in [1.807, 2.05) is 24.3 Å². The van der Waals surface area contributed by atoms with Gasteiger partial charge in [-0.05, 0) is 24.3 Å². The van der Waals surface area contributed by atoms with E-state index < -0.39 is 0 Å². The molecule has 1 aliphatic heterocycles. The van der Waals surface area contributed by atoms with Gasteiger partial charge in [-0.2, -0.15) is 5.10 Å². The van der Waals surface area contributed by atoms with E-state index in [1.165, 1.54) is 6.20 Å². The first kappa shape index (κ1) is 13.4. The summed E-state index contributed by atoms with van der Waals surface area (Å²) in [7, 11) is 0. The van der Waals surface area contributed by atoms with Gasteiger partial charge in [0.15, 0.2) is 0 Å². The summed E-state index contributed by atoms with van der Waals surface area (Å²) in [6.07, 6.45) is 1.41. The summed E-state index contributed by atoms with van der Waals surface area (Å²) in [5, 5.41) is 9.09. The number of hydrogen-bond donors (Lipinski definition) is 3. The summed E-state index contributed by atoms with van der Waals surface area (Å²) < 4.78 is 5.33. The lowest BCUT2D eigenvalue weighted by Crippen LogP contribution is -2.36. The van der Waals surface area contributed by atoms with Gasteiger partial charge in [-0.1, -0.05) is 0 Å². The molecule has 1 aromatic carbocycles. The second-order valence-corrected chi connectivity index (χ2v) is 4.80. The Morgan fingerprint density at radius 3 is 2.62 bits per heavy atom. The third-order valence-corrected chi connectivity index (χ3v) is 3.40. The van der Waals surface area contributed by atoms with Crippen LogP contribution in [0.15, 0.2) is 30.5 Å². The van der Waals surface area contributed by atoms with Gasteiger partial charge >= 0.3 is 0 Å². The van der Waals surface area contributed by atoms with Crippen LogP contribution in [0.25, 0.3) is 0 Å². The third kappa shape index (κ3) is 2.97. The Morgan fingerprint density at radius 1 is 1.29 bits per heavy atom. The fourth-order valence-electron chi connectivity index (χ4n) is 2.25. The lowest BCUT2D eigenvalue weighted by atomic mass is 10.2. The molecule has 110 valence electrons. The van der Waals surface area contributed by atoms with Gasteiger partial charge in [0.1, 0.15) is 5.69 Å². The Bertz CT molecular complexity index is 617. The van der Waals surface area contributed by atoms with Gasteiger partial charge in [-0.15, -0.1) is 0 Å². The fourth-order valence-corrected chi connectivity index (χ4v) is 2.25. The minimum Gasteiger partial charge on any atom is -0.396 e. The average Bonchev–Trinajstić information content (AvgIpc) is 2.95. The van der Waals surface area contributed by atoms with Crippen LogP contribution in [0, 0.1) is 0 Å². The van der Waals surface area contributed by atoms with Crippen LogP contribution < -0.4 is 16.0 Å². The summed E-state index contributed by atoms with van der Waals surface area (Å²) in [5.41, 5.74) is 8.08. The highest BCUT2D eigenvalue weighted by Crippen LogP contribution is 2.19. The Morgan fingerprint density at radius 2 is 2.00 bits per heavy atom. The van der Waals surface area contributed by atoms with Crippen LogP contribution in [0.3, 0.4) is 0 Å². The molecule has 2 aromatic rings. The Balaban J connectivity index is 1.67. The molecule has 0 radical (unpaired) electrons. The quantitative estimate of drug-likeness (QED) is 0.785. The van der Waals surface area contributed by atoms with Crippen LogP contribution in [0.4, 0.5) is 17.1 Å². The number of rotatable bonds is 3. The molecule has 3 rings (SSSR count). The summed E-state index contributed by atoms with van der Waals surface area (Å²) >= 11 is 0. The van der Waals surface area contributed by atoms with Crippen molar-refractivity contribution in [3.05, 3.63) is 36.2 Å². The fraction of sp³-hybridized carbons (Fsp3) is 0.286. The number of nitrogens with one attached hydrogen (secondary N) is 2. The van der Waals surface area contributed by atoms with Gasteiger partial charge in [0, 0.05) is 24.5 Å². The highest BCUT2D eigenvalue weighted by molar-refractivity contribution is 6.06. The second-order valence-electron chi connectivity index (χ2n) is 4.80. The first-order chi connectivity index (χ1) is 10.2. The molecule has 0 aliphatic carbocycles. The predicted molar refractivity (Wildman–Crippen MR) is 80.4 cm³/mol. The third-order valence-electron chi connectivity index (χ3n) is 3.40. The molecule has 2 heterocycles. The summed E-state index contributed by atoms with van der Waals surface area (Å²) in [5.74, 6) is -0.302. The summed E-state index contributed by atoms with van der Waals surface area (Å²) in [6, 6.07) is 7.71. The van der Waals surface area contributed by atoms with Gasteiger partial charge in [0.2, 0.25) is 0 Å². The number of aromatic amines is 1. The number of anilines is 3. The van der Waals surface area contributed by atoms with E-state index in [4.69, 9.17) is 10.5 Å². The molecule has 4 N–H and O–H groups in total. The highest BCUT2D eigenvalue weighted by atomic mass is 16.5. The number of carbonyl (C=O) groups is 1. The van der Waals surface area contributed by atoms with E-state index in [0.29, 0.717) is 11.4 Å². The number of morpholine rings is 1. The maximum Gasteiger partial charge on any atom is 0.275 e. The van der Waals surface area contributed by atoms with E-state index in [1.54, 1.807) is 0 Å². The number of ether oxygens (including phenoxy) is 1. The lowest BCUT2D eigenvalue weighted by Gasteiger charge is -2.28. The van der Waals surface area contributed by atoms with Crippen molar-refractivity contribution in [1.29, 1.82) is 0 Å². The van der Waals surface area contributed by atoms with Crippen LogP contribution in [-0.4, -0.2) is 42.4 Å². The molecule has 1 aromatic heterocycles. The number of H-pyrrole nitrogens is 1. The van der Waals surface area contributed by atoms with Crippen molar-refractivity contribution >= 4 is 23.0 Å². The van der Waals surface area contributed by atoms with Gasteiger partial charge in [-0.3, -0.25) is 9.89 Å². The minimum atomic E-state index is -0.302. The number of aromatic nitrogens is 2. The molecule has 7 nitrogen and oxygen atoms in total. The summed E-state index contributed by atoms with van der Waals surface area (Å²) in [6.45, 7) is 3.27. The SMILES string of the molecule is Nc1cn[nH]c1C(=O)Nc1ccc(N2CCOCC2)cc1. The molecule has 0 spiro atoms. The zero-order valence-corrected chi connectivity index (χ0v) is 11.5. The largest absolute Gasteiger partial charge is 0.396 e. The van der Waals surface area contributed by atoms with Crippen molar-refractivity contribution < 1.29 is 9.53 Å². The average molecular weight is 287 g/mol. The molecule has 1 aliphatic rings. The van der Waals surface area contributed by atoms with Crippen LogP contribution in [0.1, 0.15) is 10.5 Å². The zero-order chi connectivity index (χ0) is 14.7. The molecule has 0 saturated carbocycles. The predicted octanol–water partition coefficient (Wildman–Crippen LogP) is 1.08. The van der Waals surface area contributed by atoms with Crippen molar-refractivity contribution in [1.82, 2.24) is 10.2 Å². The van der Waals surface area contributed by atoms with Crippen LogP contribution in [0.2, 0.25) is 0 Å². The lowest BCUT2D eigenvalue weighted by molar-refractivity contribution is 0.102. The number of carbonyl (C=O) groups excluding carboxylic acids is 1. The Kier molecular flexibility index (Phi) is 3.74. The number of nitrogens with two attached hydrogens (primary N) is 1. The molecule has 7 heteroatoms. The maximum atomic E-state index is 12.0. The molecule has 1 fully saturated rings. The molecule has 1 saturated heterocycles. The van der Waals surface area contributed by atoms with Gasteiger partial charge in [-0.25, -0.2) is 0 Å². The van der Waals surface area contributed by atoms with E-state index in [2.05, 4.69) is 20.4 Å². The van der Waals surface area contributed by atoms with E-state index in [-0.39, 0.29) is 11.6 Å². The van der Waals surface area contributed by atoms with Crippen molar-refractivity contribution in [2.45, 2.75) is 0 Å². The van der Waals surface area contributed by atoms with E-state index in [9.17, 15) is 4.79 Å². The molecule has 21 heavy (non-hydrogen) atoms. The topological polar surface area (TPSA) is 96.3 Å². The van der Waals surface area contributed by atoms with Gasteiger partial charge in [0.05, 0.1) is 25.1 Å². The molecular weight excluding hydrogens is 270 g/mol. The number of hydrogen-bond acceptors (Lipinski definition) is 5. The van der Waals surface area contributed by atoms with E-state index >= 15 is 0 Å². The molecule has 0 bridgehead atoms. The van der Waals surface area contributed by atoms with Crippen LogP contribution >= 0.6 is 0 Å². The normalized spacial score (nSPS) is 15.0. The van der Waals surface area contributed by atoms with Crippen molar-refractivity contribution in [3.8, 4) is 0 Å². The number of benzene rings is 1. The van der Waals surface area contributed by atoms with Crippen molar-refractivity contribution in [3.63, 3.8) is 0 Å². The van der Waals surface area contributed by atoms with Crippen LogP contribution in [-0.2, 0) is 4.74 Å². The number of nitrogen functional groups attached to an aromatic ring is 1. The smallest absolute Gasteiger partial charge is 0.275 e. The first-order valence-electron chi connectivity index (χ1n) is 6.77. The monoisotopic (exact) mass is 287 g/mol. The maximum absolute atomic E-state index is 12.0. The molecule has 0 unspecified atom stereocenters. The number of nitrogens with zero attached hydrogens (tertiary/aromatic N) is 2. The van der Waals surface area contributed by atoms with Crippen molar-refractivity contribution in [2.75, 3.05) is 42.3 Å². The Labute approximate surface area is 122 Å². The van der Waals surface area contributed by atoms with Crippen LogP contribution in [0.5, 0.6) is 0 Å².